The molecule has 5 saturated carbocycles. The van der Waals surface area contributed by atoms with Gasteiger partial charge in [0.1, 0.15) is 40.6 Å². The summed E-state index contributed by atoms with van der Waals surface area (Å²) in [5.41, 5.74) is 12.1. The fraction of sp³-hybridized carbons (Fsp3) is 0.256. The van der Waals surface area contributed by atoms with Crippen LogP contribution in [0.3, 0.4) is 0 Å². The van der Waals surface area contributed by atoms with Crippen molar-refractivity contribution in [3.05, 3.63) is 347 Å². The van der Waals surface area contributed by atoms with Crippen LogP contribution in [0, 0.1) is 5.82 Å². The highest BCUT2D eigenvalue weighted by molar-refractivity contribution is 7.89. The topological polar surface area (TPSA) is 379 Å². The molecule has 6 aromatic heterocycles. The van der Waals surface area contributed by atoms with Gasteiger partial charge in [-0.3, -0.25) is 43.9 Å². The number of aliphatic hydroxyl groups is 2. The number of pyridine rings is 4. The van der Waals surface area contributed by atoms with E-state index in [0.29, 0.717) is 117 Å². The zero-order valence-electron chi connectivity index (χ0n) is 81.4. The van der Waals surface area contributed by atoms with Crippen molar-refractivity contribution in [2.45, 2.75) is 141 Å². The number of piperidine rings is 1. The summed E-state index contributed by atoms with van der Waals surface area (Å²) in [6.45, 7) is 1.66. The van der Waals surface area contributed by atoms with Crippen LogP contribution in [0.4, 0.5) is 16.0 Å². The monoisotopic (exact) mass is 2060 g/mol. The lowest BCUT2D eigenvalue weighted by Crippen LogP contribution is -2.39. The Labute approximate surface area is 868 Å². The summed E-state index contributed by atoms with van der Waals surface area (Å²) >= 11 is 6.22. The van der Waals surface area contributed by atoms with Gasteiger partial charge in [0.15, 0.2) is 57.5 Å². The number of methoxy groups -OCH3 is 1. The maximum atomic E-state index is 14.4. The molecule has 9 aromatic carbocycles. The Morgan fingerprint density at radius 1 is 0.420 bits per heavy atom. The Hall–Kier alpha value is -16.3. The third-order valence-corrected chi connectivity index (χ3v) is 31.5. The Balaban J connectivity index is 0.000000110. The number of ketones is 3. The average Bonchev–Trinajstić information content (AvgIpc) is 1.60. The van der Waals surface area contributed by atoms with Gasteiger partial charge in [-0.05, 0) is 256 Å². The van der Waals surface area contributed by atoms with E-state index in [4.69, 9.17) is 78.1 Å². The summed E-state index contributed by atoms with van der Waals surface area (Å²) < 4.78 is 106. The van der Waals surface area contributed by atoms with Crippen molar-refractivity contribution in [1.82, 2.24) is 34.2 Å². The molecule has 0 radical (unpaired) electrons. The minimum atomic E-state index is -3.61. The van der Waals surface area contributed by atoms with Crippen LogP contribution in [-0.4, -0.2) is 142 Å². The first-order valence-corrected chi connectivity index (χ1v) is 51.4. The number of carbonyl (C=O) groups excluding carboxylic acids is 5. The molecule has 33 heteroatoms. The molecule has 0 unspecified atom stereocenters. The number of sulfonamides is 1. The van der Waals surface area contributed by atoms with Gasteiger partial charge >= 0.3 is 0 Å². The highest BCUT2D eigenvalue weighted by Gasteiger charge is 2.56. The van der Waals surface area contributed by atoms with E-state index < -0.39 is 49.0 Å². The molecule has 762 valence electrons. The predicted octanol–water partition coefficient (Wildman–Crippen LogP) is 19.9. The second-order valence-corrected chi connectivity index (χ2v) is 40.8. The molecule has 0 bridgehead atoms. The van der Waals surface area contributed by atoms with Gasteiger partial charge in [0.05, 0.1) is 122 Å². The molecule has 12 heterocycles. The van der Waals surface area contributed by atoms with Gasteiger partial charge in [-0.2, -0.15) is 4.31 Å². The summed E-state index contributed by atoms with van der Waals surface area (Å²) in [4.78, 5) is 93.2. The van der Waals surface area contributed by atoms with Crippen molar-refractivity contribution in [1.29, 1.82) is 0 Å². The van der Waals surface area contributed by atoms with E-state index in [2.05, 4.69) is 30.6 Å². The molecule has 6 aliphatic heterocycles. The molecule has 11 aliphatic rings. The molecule has 0 spiro atoms. The Morgan fingerprint density at radius 3 is 1.27 bits per heavy atom. The van der Waals surface area contributed by atoms with Crippen molar-refractivity contribution in [3.8, 4) is 120 Å². The molecule has 150 heavy (non-hydrogen) atoms. The van der Waals surface area contributed by atoms with E-state index in [1.807, 2.05) is 194 Å². The smallest absolute Gasteiger partial charge is 0.243 e. The summed E-state index contributed by atoms with van der Waals surface area (Å²) in [5.74, 6) is 8.11. The van der Waals surface area contributed by atoms with Crippen molar-refractivity contribution in [2.75, 3.05) is 64.8 Å². The van der Waals surface area contributed by atoms with Crippen molar-refractivity contribution in [2.24, 2.45) is 0 Å². The van der Waals surface area contributed by atoms with Crippen LogP contribution in [0.5, 0.6) is 63.2 Å². The van der Waals surface area contributed by atoms with Crippen molar-refractivity contribution < 1.29 is 105 Å². The lowest BCUT2D eigenvalue weighted by Gasteiger charge is -2.28. The van der Waals surface area contributed by atoms with E-state index in [9.17, 15) is 47.0 Å². The molecular formula is C117H103ClFN9O21S. The Morgan fingerprint density at radius 2 is 0.827 bits per heavy atom. The highest BCUT2D eigenvalue weighted by Crippen LogP contribution is 2.57. The molecule has 26 rings (SSSR count). The Bertz CT molecular complexity index is 7840. The molecule has 15 aromatic rings. The number of Topliss-reactive ketones (excluding diaryl/α,β-unsaturated/α-hetero) is 3. The minimum absolute atomic E-state index is 0. The van der Waals surface area contributed by atoms with Crippen LogP contribution < -0.4 is 62.7 Å². The summed E-state index contributed by atoms with van der Waals surface area (Å²) in [6, 6.07) is 78.7. The van der Waals surface area contributed by atoms with E-state index in [1.165, 1.54) is 17.5 Å². The second kappa shape index (κ2) is 41.5. The zero-order valence-corrected chi connectivity index (χ0v) is 83.0. The van der Waals surface area contributed by atoms with E-state index in [-0.39, 0.29) is 101 Å². The molecule has 5 aliphatic carbocycles. The number of rotatable bonds is 27. The first-order valence-electron chi connectivity index (χ1n) is 49.5. The molecule has 4 N–H and O–H groups in total. The first kappa shape index (κ1) is 98.4. The van der Waals surface area contributed by atoms with Gasteiger partial charge in [-0.1, -0.05) is 127 Å². The van der Waals surface area contributed by atoms with Gasteiger partial charge in [0.2, 0.25) is 55.8 Å². The number of hydrogen-bond acceptors (Lipinski definition) is 27. The van der Waals surface area contributed by atoms with E-state index in [0.717, 1.165) is 154 Å². The van der Waals surface area contributed by atoms with Crippen LogP contribution in [0.15, 0.2) is 295 Å². The van der Waals surface area contributed by atoms with Crippen LogP contribution in [0.2, 0.25) is 5.02 Å². The fourth-order valence-electron chi connectivity index (χ4n) is 19.8. The zero-order chi connectivity index (χ0) is 103. The number of hydrogen-bond donors (Lipinski definition) is 4. The third kappa shape index (κ3) is 20.3. The van der Waals surface area contributed by atoms with Gasteiger partial charge in [-0.15, -0.1) is 0 Å². The molecule has 0 atom stereocenters. The first-order chi connectivity index (χ1) is 73.0. The van der Waals surface area contributed by atoms with E-state index in [1.54, 1.807) is 85.6 Å². The number of benzene rings is 9. The molecule has 30 nitrogen and oxygen atoms in total. The van der Waals surface area contributed by atoms with Gasteiger partial charge in [-0.25, -0.2) is 22.8 Å². The second-order valence-electron chi connectivity index (χ2n) is 38.5. The molecule has 1 saturated heterocycles. The van der Waals surface area contributed by atoms with Crippen molar-refractivity contribution in [3.63, 3.8) is 0 Å². The standard InChI is InChI=1S/C28H28N2O6S.C24H21NO4.C23H19FN2O4.C22H17ClN2O3.C20H16N2O4.H2/c31-22-10-14-30(15-11-22)37(33,34)23-7-4-19(5-8-23)24-3-1-2-21(29-24)17-27(32)28(12-13-28)20-6-9-25-26(16-20)36-18-35-25;26-14-16-4-1-2-6-19(16)20-7-3-5-18(25-20)13-23(27)24(10-11-24)17-8-9-21-22(12-17)29-15-28-21;1-28-18-6-2-4-15(24)21(18)16-5-3-7-20(25-16)26-22(27)23(10-11-23)14-8-9-17-19(12-14)30-13-29-17;23-17-4-2-1-3-16(17)18-12-24-15(11-25-18)10-21(26)22(7-8-22)14-5-6-19-20(9-14)28-13-27-19;23-19(22-18-3-1-2-15(21-18)13-6-9-24-11-13)20(7-8-20)14-4-5-16-17(10-14)26-12-25-16;/h1-9,16,22,31H,10-15,17-18H2;1-9,12,26H,10-11,13-15H2;2-9,12H,10-11,13H2,1H3,(H,25,26,27);1-6,9,11-12H,7-8,10,13H2;1-6,9-11H,7-8,12H2,(H,21,22,23);1H. The van der Waals surface area contributed by atoms with Crippen LogP contribution in [0.25, 0.3) is 56.3 Å². The minimum Gasteiger partial charge on any atom is -0.496 e. The van der Waals surface area contributed by atoms with Gasteiger partial charge in [0.25, 0.3) is 0 Å². The lowest BCUT2D eigenvalue weighted by molar-refractivity contribution is -0.121. The van der Waals surface area contributed by atoms with Gasteiger partial charge in [0, 0.05) is 67.2 Å². The highest BCUT2D eigenvalue weighted by atomic mass is 35.5. The number of aromatic nitrogens is 6. The number of carbonyl (C=O) groups is 5. The average molecular weight is 2060 g/mol. The largest absolute Gasteiger partial charge is 0.496 e. The summed E-state index contributed by atoms with van der Waals surface area (Å²) in [5, 5.41) is 25.8. The number of fused-ring (bicyclic) bond motifs is 5. The SMILES string of the molecule is COc1cccc(F)c1-c1cccc(NC(=O)C2(c3ccc4c(c3)OCO4)CC2)n1.O=C(Cc1cccc(-c2ccc(S(=O)(=O)N3CCC(O)CC3)cc2)n1)C1(c2ccc3c(c2)OCO3)CC1.O=C(Cc1cccc(-c2ccccc2CO)n1)C1(c2ccc3c(c2)OCO3)CC1.O=C(Cc1cnc(-c2ccccc2Cl)cn1)C1(c2ccc3c(c2)OCO3)CC1.O=C(Nc1cccc(-c2ccoc2)n1)C1(c2ccc3c(c2)OCO3)CC1.[HH]. The molecular weight excluding hydrogens is 1950 g/mol. The van der Waals surface area contributed by atoms with Crippen molar-refractivity contribution >= 4 is 62.4 Å². The number of nitrogens with zero attached hydrogens (tertiary/aromatic N) is 7. The fourth-order valence-corrected chi connectivity index (χ4v) is 21.6. The predicted molar refractivity (Wildman–Crippen MR) is 553 cm³/mol. The van der Waals surface area contributed by atoms with Crippen LogP contribution >= 0.6 is 11.6 Å². The maximum Gasteiger partial charge on any atom is 0.243 e. The van der Waals surface area contributed by atoms with Gasteiger partial charge < -0.3 is 77.4 Å². The molecule has 6 fully saturated rings. The normalized spacial score (nSPS) is 16.7. The Kier molecular flexibility index (Phi) is 27.2. The maximum absolute atomic E-state index is 14.4. The number of ether oxygens (including phenoxy) is 11. The van der Waals surface area contributed by atoms with Crippen LogP contribution in [0.1, 0.15) is 129 Å². The number of halogens is 2. The third-order valence-electron chi connectivity index (χ3n) is 29.3. The van der Waals surface area contributed by atoms with Crippen LogP contribution in [-0.2, 0) is 86.9 Å². The number of nitrogens with one attached hydrogen (secondary N) is 2. The number of amides is 2. The molecule has 2 amide bonds. The quantitative estimate of drug-likeness (QED) is 0.0371. The van der Waals surface area contributed by atoms with E-state index >= 15 is 0 Å². The summed E-state index contributed by atoms with van der Waals surface area (Å²) in [6.07, 6.45) is 15.8. The number of furan rings is 1. The number of aliphatic hydroxyl groups excluding tert-OH is 2. The number of anilines is 2. The lowest BCUT2D eigenvalue weighted by atomic mass is 9.88. The summed E-state index contributed by atoms with van der Waals surface area (Å²) in [7, 11) is -2.13.